The van der Waals surface area contributed by atoms with E-state index in [-0.39, 0.29) is 24.3 Å². The van der Waals surface area contributed by atoms with Crippen molar-refractivity contribution < 1.29 is 14.4 Å². The SMILES string of the molecule is O=C(CN1CN(c2ccccc2)C2(CCN(C(=O)c3cc(Cl)cc(Cl)c3)CC2)C1=O)N1CCCC1. The van der Waals surface area contributed by atoms with Crippen molar-refractivity contribution in [2.45, 2.75) is 31.2 Å². The molecule has 3 fully saturated rings. The number of anilines is 1. The first-order valence-electron chi connectivity index (χ1n) is 12.0. The molecule has 3 heterocycles. The van der Waals surface area contributed by atoms with Crippen LogP contribution in [0.3, 0.4) is 0 Å². The number of para-hydroxylation sites is 1. The Hall–Kier alpha value is -2.77. The van der Waals surface area contributed by atoms with E-state index in [1.807, 2.05) is 35.2 Å². The van der Waals surface area contributed by atoms with Gasteiger partial charge >= 0.3 is 0 Å². The normalized spacial score (nSPS) is 19.7. The number of carbonyl (C=O) groups excluding carboxylic acids is 3. The lowest BCUT2D eigenvalue weighted by molar-refractivity contribution is -0.140. The topological polar surface area (TPSA) is 64.2 Å². The first kappa shape index (κ1) is 23.9. The van der Waals surface area contributed by atoms with Crippen molar-refractivity contribution in [3.8, 4) is 0 Å². The highest BCUT2D eigenvalue weighted by Gasteiger charge is 2.54. The van der Waals surface area contributed by atoms with Crippen molar-refractivity contribution in [1.29, 1.82) is 0 Å². The number of piperidine rings is 1. The number of hydrogen-bond acceptors (Lipinski definition) is 4. The lowest BCUT2D eigenvalue weighted by Gasteiger charge is -2.43. The van der Waals surface area contributed by atoms with Crippen molar-refractivity contribution in [3.05, 3.63) is 64.1 Å². The van der Waals surface area contributed by atoms with Gasteiger partial charge in [-0.25, -0.2) is 0 Å². The van der Waals surface area contributed by atoms with Gasteiger partial charge in [0.2, 0.25) is 5.91 Å². The second kappa shape index (κ2) is 9.70. The molecule has 0 bridgehead atoms. The number of hydrogen-bond donors (Lipinski definition) is 0. The van der Waals surface area contributed by atoms with Gasteiger partial charge < -0.3 is 19.6 Å². The van der Waals surface area contributed by atoms with Crippen LogP contribution in [-0.2, 0) is 9.59 Å². The van der Waals surface area contributed by atoms with E-state index in [1.54, 1.807) is 28.0 Å². The zero-order valence-electron chi connectivity index (χ0n) is 19.5. The molecule has 2 aromatic rings. The molecule has 5 rings (SSSR count). The highest BCUT2D eigenvalue weighted by atomic mass is 35.5. The second-order valence-electron chi connectivity index (χ2n) is 9.48. The Morgan fingerprint density at radius 2 is 1.49 bits per heavy atom. The Kier molecular flexibility index (Phi) is 6.64. The fourth-order valence-corrected chi connectivity index (χ4v) is 6.02. The van der Waals surface area contributed by atoms with E-state index < -0.39 is 5.54 Å². The third kappa shape index (κ3) is 4.59. The Bertz CT molecular complexity index is 1110. The summed E-state index contributed by atoms with van der Waals surface area (Å²) < 4.78 is 0. The summed E-state index contributed by atoms with van der Waals surface area (Å²) >= 11 is 12.2. The van der Waals surface area contributed by atoms with Crippen molar-refractivity contribution in [3.63, 3.8) is 0 Å². The maximum atomic E-state index is 13.8. The van der Waals surface area contributed by atoms with Crippen LogP contribution in [0, 0.1) is 0 Å². The molecule has 3 aliphatic heterocycles. The Labute approximate surface area is 215 Å². The number of amides is 3. The Morgan fingerprint density at radius 1 is 0.857 bits per heavy atom. The van der Waals surface area contributed by atoms with Crippen LogP contribution >= 0.6 is 23.2 Å². The van der Waals surface area contributed by atoms with E-state index in [1.165, 1.54) is 0 Å². The largest absolute Gasteiger partial charge is 0.341 e. The van der Waals surface area contributed by atoms with E-state index >= 15 is 0 Å². The van der Waals surface area contributed by atoms with E-state index in [2.05, 4.69) is 4.90 Å². The van der Waals surface area contributed by atoms with E-state index in [0.29, 0.717) is 48.2 Å². The van der Waals surface area contributed by atoms with Gasteiger partial charge in [-0.05, 0) is 56.0 Å². The van der Waals surface area contributed by atoms with E-state index in [9.17, 15) is 14.4 Å². The minimum Gasteiger partial charge on any atom is -0.341 e. The summed E-state index contributed by atoms with van der Waals surface area (Å²) in [6.45, 7) is 2.82. The van der Waals surface area contributed by atoms with E-state index in [4.69, 9.17) is 23.2 Å². The third-order valence-electron chi connectivity index (χ3n) is 7.35. The third-order valence-corrected chi connectivity index (χ3v) is 7.79. The summed E-state index contributed by atoms with van der Waals surface area (Å²) in [5, 5.41) is 0.822. The molecule has 0 unspecified atom stereocenters. The van der Waals surface area contributed by atoms with Crippen LogP contribution in [0.15, 0.2) is 48.5 Å². The molecule has 3 aliphatic rings. The monoisotopic (exact) mass is 514 g/mol. The molecule has 0 N–H and O–H groups in total. The lowest BCUT2D eigenvalue weighted by atomic mass is 9.85. The number of halogens is 2. The van der Waals surface area contributed by atoms with Crippen molar-refractivity contribution in [1.82, 2.24) is 14.7 Å². The molecule has 2 aromatic carbocycles. The van der Waals surface area contributed by atoms with Gasteiger partial charge in [0, 0.05) is 47.5 Å². The van der Waals surface area contributed by atoms with Gasteiger partial charge in [0.05, 0.1) is 6.67 Å². The standard InChI is InChI=1S/C26H28Cl2N4O3/c27-20-14-19(15-21(28)16-20)24(34)30-12-8-26(9-13-30)25(35)31(17-23(33)29-10-4-5-11-29)18-32(26)22-6-2-1-3-7-22/h1-3,6-7,14-16H,4-5,8-13,17-18H2. The van der Waals surface area contributed by atoms with Crippen molar-refractivity contribution in [2.75, 3.05) is 44.3 Å². The molecule has 0 atom stereocenters. The second-order valence-corrected chi connectivity index (χ2v) is 10.4. The number of nitrogens with zero attached hydrogens (tertiary/aromatic N) is 4. The molecule has 1 spiro atoms. The van der Waals surface area contributed by atoms with Crippen LogP contribution in [0.25, 0.3) is 0 Å². The van der Waals surface area contributed by atoms with Crippen molar-refractivity contribution >= 4 is 46.6 Å². The summed E-state index contributed by atoms with van der Waals surface area (Å²) in [6, 6.07) is 14.7. The molecular formula is C26H28Cl2N4O3. The summed E-state index contributed by atoms with van der Waals surface area (Å²) in [4.78, 5) is 47.2. The van der Waals surface area contributed by atoms with Gasteiger partial charge in [0.1, 0.15) is 12.1 Å². The Morgan fingerprint density at radius 3 is 2.11 bits per heavy atom. The van der Waals surface area contributed by atoms with Gasteiger partial charge in [-0.3, -0.25) is 14.4 Å². The number of carbonyl (C=O) groups is 3. The zero-order valence-corrected chi connectivity index (χ0v) is 21.0. The molecule has 3 amide bonds. The van der Waals surface area contributed by atoms with Crippen LogP contribution in [0.4, 0.5) is 5.69 Å². The quantitative estimate of drug-likeness (QED) is 0.620. The fraction of sp³-hybridized carbons (Fsp3) is 0.423. The average Bonchev–Trinajstić information content (AvgIpc) is 3.48. The number of rotatable bonds is 4. The zero-order chi connectivity index (χ0) is 24.6. The summed E-state index contributed by atoms with van der Waals surface area (Å²) in [6.07, 6.45) is 2.99. The summed E-state index contributed by atoms with van der Waals surface area (Å²) in [5.74, 6) is -0.180. The van der Waals surface area contributed by atoms with Gasteiger partial charge in [0.15, 0.2) is 0 Å². The maximum absolute atomic E-state index is 13.8. The van der Waals surface area contributed by atoms with Gasteiger partial charge in [-0.1, -0.05) is 41.4 Å². The molecule has 7 nitrogen and oxygen atoms in total. The molecular weight excluding hydrogens is 487 g/mol. The summed E-state index contributed by atoms with van der Waals surface area (Å²) in [5.41, 5.74) is 0.599. The molecule has 0 radical (unpaired) electrons. The fourth-order valence-electron chi connectivity index (χ4n) is 5.49. The van der Waals surface area contributed by atoms with E-state index in [0.717, 1.165) is 31.6 Å². The predicted octanol–water partition coefficient (Wildman–Crippen LogP) is 3.90. The molecule has 9 heteroatoms. The van der Waals surface area contributed by atoms with Crippen LogP contribution in [0.1, 0.15) is 36.0 Å². The Balaban J connectivity index is 1.36. The van der Waals surface area contributed by atoms with Crippen LogP contribution in [-0.4, -0.2) is 77.4 Å². The highest BCUT2D eigenvalue weighted by Crippen LogP contribution is 2.40. The average molecular weight is 515 g/mol. The summed E-state index contributed by atoms with van der Waals surface area (Å²) in [7, 11) is 0. The molecule has 0 saturated carbocycles. The van der Waals surface area contributed by atoms with Gasteiger partial charge in [-0.2, -0.15) is 0 Å². The molecule has 0 aliphatic carbocycles. The minimum atomic E-state index is -0.782. The highest BCUT2D eigenvalue weighted by molar-refractivity contribution is 6.35. The first-order chi connectivity index (χ1) is 16.9. The van der Waals surface area contributed by atoms with Gasteiger partial charge in [0.25, 0.3) is 11.8 Å². The molecule has 0 aromatic heterocycles. The van der Waals surface area contributed by atoms with Crippen LogP contribution < -0.4 is 4.90 Å². The van der Waals surface area contributed by atoms with Gasteiger partial charge in [-0.15, -0.1) is 0 Å². The molecule has 3 saturated heterocycles. The number of likely N-dealkylation sites (tertiary alicyclic amines) is 2. The van der Waals surface area contributed by atoms with Crippen molar-refractivity contribution in [2.24, 2.45) is 0 Å². The first-order valence-corrected chi connectivity index (χ1v) is 12.8. The van der Waals surface area contributed by atoms with Crippen LogP contribution in [0.2, 0.25) is 10.0 Å². The minimum absolute atomic E-state index is 0.00589. The molecule has 184 valence electrons. The molecule has 35 heavy (non-hydrogen) atoms. The lowest BCUT2D eigenvalue weighted by Crippen LogP contribution is -2.57. The van der Waals surface area contributed by atoms with Crippen LogP contribution in [0.5, 0.6) is 0 Å². The number of benzene rings is 2. The maximum Gasteiger partial charge on any atom is 0.253 e. The predicted molar refractivity (Wildman–Crippen MR) is 136 cm³/mol. The smallest absolute Gasteiger partial charge is 0.253 e.